The molecule has 8 heteroatoms. The quantitative estimate of drug-likeness (QED) is 0.753. The Hall–Kier alpha value is -0.560. The Kier molecular flexibility index (Phi) is 11.9. The number of amides is 1. The van der Waals surface area contributed by atoms with Gasteiger partial charge < -0.3 is 15.5 Å². The van der Waals surface area contributed by atoms with Gasteiger partial charge in [0.15, 0.2) is 0 Å². The van der Waals surface area contributed by atoms with Gasteiger partial charge in [-0.15, -0.1) is 24.8 Å². The van der Waals surface area contributed by atoms with Crippen LogP contribution in [0.1, 0.15) is 30.6 Å². The molecule has 0 radical (unpaired) electrons. The average molecular weight is 430 g/mol. The van der Waals surface area contributed by atoms with Gasteiger partial charge in [-0.2, -0.15) is 0 Å². The maximum Gasteiger partial charge on any atom is 0.257 e. The van der Waals surface area contributed by atoms with Gasteiger partial charge in [0.05, 0.1) is 5.56 Å². The highest BCUT2D eigenvalue weighted by molar-refractivity contribution is 9.10. The highest BCUT2D eigenvalue weighted by Crippen LogP contribution is 2.21. The number of hydrogen-bond donors (Lipinski definition) is 1. The van der Waals surface area contributed by atoms with Crippen LogP contribution in [0.15, 0.2) is 16.7 Å². The molecule has 1 aromatic heterocycles. The summed E-state index contributed by atoms with van der Waals surface area (Å²) in [7, 11) is 5.55. The van der Waals surface area contributed by atoms with Crippen LogP contribution in [0.4, 0.5) is 5.82 Å². The van der Waals surface area contributed by atoms with Crippen LogP contribution in [-0.4, -0.2) is 49.5 Å². The lowest BCUT2D eigenvalue weighted by atomic mass is 10.0. The molecule has 1 amide bonds. The summed E-state index contributed by atoms with van der Waals surface area (Å²) in [5.74, 6) is 1.05. The van der Waals surface area contributed by atoms with E-state index in [-0.39, 0.29) is 36.8 Å². The van der Waals surface area contributed by atoms with Gasteiger partial charge in [0.2, 0.25) is 0 Å². The zero-order valence-corrected chi connectivity index (χ0v) is 17.5. The molecule has 1 atom stereocenters. The van der Waals surface area contributed by atoms with Gasteiger partial charge in [-0.05, 0) is 34.3 Å². The molecule has 23 heavy (non-hydrogen) atoms. The smallest absolute Gasteiger partial charge is 0.257 e. The summed E-state index contributed by atoms with van der Waals surface area (Å²) in [5.41, 5.74) is 6.63. The fraction of sp³-hybridized carbons (Fsp3) is 0.600. The normalized spacial score (nSPS) is 11.3. The van der Waals surface area contributed by atoms with Gasteiger partial charge >= 0.3 is 0 Å². The van der Waals surface area contributed by atoms with Gasteiger partial charge in [-0.25, -0.2) is 4.98 Å². The summed E-state index contributed by atoms with van der Waals surface area (Å²) in [6.45, 7) is 4.82. The third-order valence-corrected chi connectivity index (χ3v) is 3.92. The summed E-state index contributed by atoms with van der Waals surface area (Å²) in [4.78, 5) is 20.5. The Balaban J connectivity index is 0. The molecule has 0 aliphatic carbocycles. The molecule has 134 valence electrons. The second-order valence-corrected chi connectivity index (χ2v) is 6.76. The van der Waals surface area contributed by atoms with Crippen molar-refractivity contribution in [2.75, 3.05) is 32.6 Å². The van der Waals surface area contributed by atoms with Gasteiger partial charge in [-0.1, -0.05) is 13.8 Å². The van der Waals surface area contributed by atoms with Crippen molar-refractivity contribution in [3.05, 3.63) is 22.3 Å². The summed E-state index contributed by atoms with van der Waals surface area (Å²) < 4.78 is 0.795. The Bertz CT molecular complexity index is 500. The summed E-state index contributed by atoms with van der Waals surface area (Å²) >= 11 is 3.37. The Morgan fingerprint density at radius 2 is 1.87 bits per heavy atom. The largest absolute Gasteiger partial charge is 0.362 e. The standard InChI is InChI=1S/C15H25BrN4O.2ClH/c1-10(2)13(17)6-7-20(5)15(21)12-8-11(16)9-18-14(12)19(3)4;;/h8-10,13H,6-7,17H2,1-5H3;2*1H. The van der Waals surface area contributed by atoms with E-state index in [0.29, 0.717) is 23.8 Å². The highest BCUT2D eigenvalue weighted by Gasteiger charge is 2.19. The van der Waals surface area contributed by atoms with Gasteiger partial charge in [0.25, 0.3) is 5.91 Å². The van der Waals surface area contributed by atoms with E-state index in [9.17, 15) is 4.79 Å². The van der Waals surface area contributed by atoms with E-state index < -0.39 is 0 Å². The molecule has 5 nitrogen and oxygen atoms in total. The number of aromatic nitrogens is 1. The van der Waals surface area contributed by atoms with Crippen molar-refractivity contribution in [2.45, 2.75) is 26.3 Å². The molecule has 2 N–H and O–H groups in total. The van der Waals surface area contributed by atoms with Crippen molar-refractivity contribution < 1.29 is 4.79 Å². The molecule has 1 aromatic rings. The van der Waals surface area contributed by atoms with Crippen LogP contribution < -0.4 is 10.6 Å². The van der Waals surface area contributed by atoms with Crippen molar-refractivity contribution in [1.82, 2.24) is 9.88 Å². The monoisotopic (exact) mass is 428 g/mol. The lowest BCUT2D eigenvalue weighted by Crippen LogP contribution is -2.35. The Morgan fingerprint density at radius 3 is 2.35 bits per heavy atom. The number of halogens is 3. The number of nitrogens with zero attached hydrogens (tertiary/aromatic N) is 3. The topological polar surface area (TPSA) is 62.5 Å². The maximum absolute atomic E-state index is 12.6. The highest BCUT2D eigenvalue weighted by atomic mass is 79.9. The number of pyridine rings is 1. The molecule has 0 spiro atoms. The Morgan fingerprint density at radius 1 is 1.30 bits per heavy atom. The molecule has 0 aliphatic heterocycles. The van der Waals surface area contributed by atoms with Crippen LogP contribution >= 0.6 is 40.7 Å². The summed E-state index contributed by atoms with van der Waals surface area (Å²) in [6.07, 6.45) is 2.49. The minimum atomic E-state index is -0.0385. The second-order valence-electron chi connectivity index (χ2n) is 5.84. The van der Waals surface area contributed by atoms with Crippen molar-refractivity contribution >= 4 is 52.5 Å². The molecule has 0 saturated heterocycles. The summed E-state index contributed by atoms with van der Waals surface area (Å²) in [6, 6.07) is 1.91. The van der Waals surface area contributed by atoms with Crippen LogP contribution in [0.25, 0.3) is 0 Å². The fourth-order valence-corrected chi connectivity index (χ4v) is 2.26. The van der Waals surface area contributed by atoms with Gasteiger partial charge in [-0.3, -0.25) is 4.79 Å². The molecule has 1 rings (SSSR count). The molecular weight excluding hydrogens is 403 g/mol. The SMILES string of the molecule is CC(C)C(N)CCN(C)C(=O)c1cc(Br)cnc1N(C)C.Cl.Cl. The lowest BCUT2D eigenvalue weighted by molar-refractivity contribution is 0.0789. The average Bonchev–Trinajstić information content (AvgIpc) is 2.42. The first-order valence-electron chi connectivity index (χ1n) is 7.08. The van der Waals surface area contributed by atoms with E-state index >= 15 is 0 Å². The second kappa shape index (κ2) is 11.1. The number of rotatable bonds is 6. The number of carbonyl (C=O) groups excluding carboxylic acids is 1. The number of hydrogen-bond acceptors (Lipinski definition) is 4. The van der Waals surface area contributed by atoms with Gasteiger partial charge in [0.1, 0.15) is 5.82 Å². The first kappa shape index (κ1) is 24.7. The first-order valence-corrected chi connectivity index (χ1v) is 7.87. The van der Waals surface area contributed by atoms with Crippen molar-refractivity contribution in [3.63, 3.8) is 0 Å². The van der Waals surface area contributed by atoms with Crippen LogP contribution in [0.2, 0.25) is 0 Å². The Labute approximate surface area is 159 Å². The number of anilines is 1. The third kappa shape index (κ3) is 7.25. The van der Waals surface area contributed by atoms with E-state index in [4.69, 9.17) is 5.73 Å². The van der Waals surface area contributed by atoms with Crippen molar-refractivity contribution in [1.29, 1.82) is 0 Å². The van der Waals surface area contributed by atoms with Crippen LogP contribution in [0, 0.1) is 5.92 Å². The molecule has 0 fully saturated rings. The van der Waals surface area contributed by atoms with Crippen LogP contribution in [0.3, 0.4) is 0 Å². The molecule has 1 unspecified atom stereocenters. The van der Waals surface area contributed by atoms with Gasteiger partial charge in [0, 0.05) is 44.4 Å². The number of carbonyl (C=O) groups is 1. The minimum Gasteiger partial charge on any atom is -0.362 e. The maximum atomic E-state index is 12.6. The molecule has 0 saturated carbocycles. The van der Waals surface area contributed by atoms with Crippen LogP contribution in [0.5, 0.6) is 0 Å². The van der Waals surface area contributed by atoms with E-state index in [1.807, 2.05) is 25.1 Å². The molecule has 0 aliphatic rings. The fourth-order valence-electron chi connectivity index (χ4n) is 1.93. The molecular formula is C15H27BrCl2N4O. The van der Waals surface area contributed by atoms with E-state index in [0.717, 1.165) is 10.9 Å². The summed E-state index contributed by atoms with van der Waals surface area (Å²) in [5, 5.41) is 0. The molecule has 0 aromatic carbocycles. The van der Waals surface area contributed by atoms with E-state index in [2.05, 4.69) is 34.8 Å². The first-order chi connectivity index (χ1) is 9.73. The molecule has 0 bridgehead atoms. The predicted molar refractivity (Wildman–Crippen MR) is 105 cm³/mol. The van der Waals surface area contributed by atoms with E-state index in [1.165, 1.54) is 0 Å². The third-order valence-electron chi connectivity index (χ3n) is 3.49. The predicted octanol–water partition coefficient (Wildman–Crippen LogP) is 3.20. The van der Waals surface area contributed by atoms with Crippen LogP contribution in [-0.2, 0) is 0 Å². The zero-order chi connectivity index (χ0) is 16.2. The lowest BCUT2D eigenvalue weighted by Gasteiger charge is -2.23. The molecule has 1 heterocycles. The zero-order valence-electron chi connectivity index (χ0n) is 14.2. The van der Waals surface area contributed by atoms with Crippen molar-refractivity contribution in [3.8, 4) is 0 Å². The van der Waals surface area contributed by atoms with Crippen molar-refractivity contribution in [2.24, 2.45) is 11.7 Å². The minimum absolute atomic E-state index is 0. The number of nitrogens with two attached hydrogens (primary N) is 1. The van der Waals surface area contributed by atoms with E-state index in [1.54, 1.807) is 18.1 Å².